The van der Waals surface area contributed by atoms with Crippen LogP contribution in [-0.4, -0.2) is 19.9 Å². The Balaban J connectivity index is 2.32. The van der Waals surface area contributed by atoms with E-state index in [1.54, 1.807) is 18.5 Å². The summed E-state index contributed by atoms with van der Waals surface area (Å²) < 4.78 is 0. The van der Waals surface area contributed by atoms with Gasteiger partial charge in [-0.15, -0.1) is 0 Å². The van der Waals surface area contributed by atoms with E-state index in [1.165, 1.54) is 11.8 Å². The molecule has 0 spiro atoms. The first-order valence-corrected chi connectivity index (χ1v) is 5.82. The van der Waals surface area contributed by atoms with Gasteiger partial charge in [0, 0.05) is 12.4 Å². The van der Waals surface area contributed by atoms with Crippen LogP contribution < -0.4 is 0 Å². The van der Waals surface area contributed by atoms with Crippen LogP contribution in [0.2, 0.25) is 5.15 Å². The molecule has 0 fully saturated rings. The van der Waals surface area contributed by atoms with E-state index in [0.717, 1.165) is 11.4 Å². The van der Waals surface area contributed by atoms with E-state index in [2.05, 4.69) is 19.9 Å². The molecule has 0 atom stereocenters. The first-order valence-electron chi connectivity index (χ1n) is 4.62. The van der Waals surface area contributed by atoms with Gasteiger partial charge < -0.3 is 0 Å². The third-order valence-electron chi connectivity index (χ3n) is 1.97. The van der Waals surface area contributed by atoms with Crippen molar-refractivity contribution < 1.29 is 0 Å². The number of aryl methyl sites for hydroxylation is 2. The molecule has 0 aliphatic rings. The molecule has 2 rings (SSSR count). The highest BCUT2D eigenvalue weighted by molar-refractivity contribution is 7.99. The van der Waals surface area contributed by atoms with Crippen molar-refractivity contribution in [3.05, 3.63) is 35.0 Å². The van der Waals surface area contributed by atoms with Gasteiger partial charge in [0.2, 0.25) is 0 Å². The Morgan fingerprint density at radius 2 is 1.69 bits per heavy atom. The van der Waals surface area contributed by atoms with Crippen molar-refractivity contribution in [3.63, 3.8) is 0 Å². The monoisotopic (exact) mass is 252 g/mol. The molecule has 0 amide bonds. The summed E-state index contributed by atoms with van der Waals surface area (Å²) in [6.45, 7) is 3.77. The zero-order valence-corrected chi connectivity index (χ0v) is 10.4. The number of aromatic nitrogens is 4. The van der Waals surface area contributed by atoms with Crippen molar-refractivity contribution in [2.45, 2.75) is 24.0 Å². The summed E-state index contributed by atoms with van der Waals surface area (Å²) >= 11 is 7.31. The second kappa shape index (κ2) is 4.76. The lowest BCUT2D eigenvalue weighted by Gasteiger charge is -2.04. The fourth-order valence-corrected chi connectivity index (χ4v) is 2.04. The molecule has 6 heteroatoms. The Morgan fingerprint density at radius 3 is 2.38 bits per heavy atom. The minimum Gasteiger partial charge on any atom is -0.241 e. The third-order valence-corrected chi connectivity index (χ3v) is 3.21. The lowest BCUT2D eigenvalue weighted by molar-refractivity contribution is 0.931. The van der Waals surface area contributed by atoms with Crippen LogP contribution in [0.3, 0.4) is 0 Å². The molecule has 82 valence electrons. The molecule has 16 heavy (non-hydrogen) atoms. The van der Waals surface area contributed by atoms with Crippen LogP contribution in [0.15, 0.2) is 28.6 Å². The van der Waals surface area contributed by atoms with Crippen LogP contribution in [0.5, 0.6) is 0 Å². The van der Waals surface area contributed by atoms with Crippen molar-refractivity contribution >= 4 is 23.4 Å². The van der Waals surface area contributed by atoms with Crippen molar-refractivity contribution in [2.24, 2.45) is 0 Å². The topological polar surface area (TPSA) is 51.6 Å². The molecule has 0 bridgehead atoms. The van der Waals surface area contributed by atoms with E-state index in [-0.39, 0.29) is 0 Å². The number of rotatable bonds is 2. The summed E-state index contributed by atoms with van der Waals surface area (Å²) in [5.41, 5.74) is 1.70. The second-order valence-corrected chi connectivity index (χ2v) is 4.44. The smallest absolute Gasteiger partial charge is 0.193 e. The standard InChI is InChI=1S/C10H9ClN4S/c1-6-7(2)15-9(8(11)14-6)16-10-12-4-3-5-13-10/h3-5H,1-2H3. The van der Waals surface area contributed by atoms with Crippen LogP contribution in [-0.2, 0) is 0 Å². The molecule has 0 radical (unpaired) electrons. The van der Waals surface area contributed by atoms with Gasteiger partial charge in [-0.25, -0.2) is 19.9 Å². The summed E-state index contributed by atoms with van der Waals surface area (Å²) in [7, 11) is 0. The zero-order valence-electron chi connectivity index (χ0n) is 8.81. The van der Waals surface area contributed by atoms with Crippen LogP contribution in [0, 0.1) is 13.8 Å². The van der Waals surface area contributed by atoms with Crippen LogP contribution in [0.25, 0.3) is 0 Å². The molecule has 0 saturated carbocycles. The predicted molar refractivity (Wildman–Crippen MR) is 62.7 cm³/mol. The van der Waals surface area contributed by atoms with Crippen LogP contribution >= 0.6 is 23.4 Å². The Kier molecular flexibility index (Phi) is 3.36. The lowest BCUT2D eigenvalue weighted by Crippen LogP contribution is -1.96. The average Bonchev–Trinajstić information content (AvgIpc) is 2.27. The van der Waals surface area contributed by atoms with E-state index >= 15 is 0 Å². The summed E-state index contributed by atoms with van der Waals surface area (Å²) in [5, 5.41) is 1.64. The maximum atomic E-state index is 6.00. The fourth-order valence-electron chi connectivity index (χ4n) is 1.04. The highest BCUT2D eigenvalue weighted by Gasteiger charge is 2.09. The highest BCUT2D eigenvalue weighted by atomic mass is 35.5. The third kappa shape index (κ3) is 2.48. The van der Waals surface area contributed by atoms with Gasteiger partial charge in [-0.2, -0.15) is 0 Å². The highest BCUT2D eigenvalue weighted by Crippen LogP contribution is 2.28. The van der Waals surface area contributed by atoms with Gasteiger partial charge >= 0.3 is 0 Å². The summed E-state index contributed by atoms with van der Waals surface area (Å²) in [4.78, 5) is 16.7. The first-order chi connectivity index (χ1) is 7.66. The molecular formula is C10H9ClN4S. The van der Waals surface area contributed by atoms with Gasteiger partial charge in [0.25, 0.3) is 0 Å². The number of hydrogen-bond acceptors (Lipinski definition) is 5. The van der Waals surface area contributed by atoms with Gasteiger partial charge in [0.05, 0.1) is 11.4 Å². The predicted octanol–water partition coefficient (Wildman–Crippen LogP) is 2.69. The zero-order chi connectivity index (χ0) is 11.5. The van der Waals surface area contributed by atoms with Crippen molar-refractivity contribution in [1.82, 2.24) is 19.9 Å². The quantitative estimate of drug-likeness (QED) is 0.769. The maximum Gasteiger partial charge on any atom is 0.193 e. The molecule has 0 aliphatic carbocycles. The molecule has 0 unspecified atom stereocenters. The maximum absolute atomic E-state index is 6.00. The van der Waals surface area contributed by atoms with Crippen molar-refractivity contribution in [3.8, 4) is 0 Å². The Morgan fingerprint density at radius 1 is 1.06 bits per heavy atom. The van der Waals surface area contributed by atoms with E-state index < -0.39 is 0 Å². The normalized spacial score (nSPS) is 10.4. The Labute approximate surface area is 103 Å². The molecule has 4 nitrogen and oxygen atoms in total. The minimum absolute atomic E-state index is 0.389. The van der Waals surface area contributed by atoms with Gasteiger partial charge in [0.1, 0.15) is 5.03 Å². The van der Waals surface area contributed by atoms with Crippen LogP contribution in [0.4, 0.5) is 0 Å². The summed E-state index contributed by atoms with van der Waals surface area (Å²) in [5.74, 6) is 0. The van der Waals surface area contributed by atoms with Crippen molar-refractivity contribution in [1.29, 1.82) is 0 Å². The number of nitrogens with zero attached hydrogens (tertiary/aromatic N) is 4. The molecule has 0 saturated heterocycles. The largest absolute Gasteiger partial charge is 0.241 e. The molecule has 0 aromatic carbocycles. The molecule has 2 aromatic heterocycles. The summed E-state index contributed by atoms with van der Waals surface area (Å²) in [6, 6.07) is 1.76. The lowest BCUT2D eigenvalue weighted by atomic mass is 10.4. The van der Waals surface area contributed by atoms with Crippen molar-refractivity contribution in [2.75, 3.05) is 0 Å². The minimum atomic E-state index is 0.389. The van der Waals surface area contributed by atoms with E-state index in [4.69, 9.17) is 11.6 Å². The second-order valence-electron chi connectivity index (χ2n) is 3.12. The van der Waals surface area contributed by atoms with Gasteiger partial charge in [-0.3, -0.25) is 0 Å². The number of hydrogen-bond donors (Lipinski definition) is 0. The van der Waals surface area contributed by atoms with Crippen LogP contribution in [0.1, 0.15) is 11.4 Å². The number of halogens is 1. The SMILES string of the molecule is Cc1nc(Cl)c(Sc2ncccn2)nc1C. The summed E-state index contributed by atoms with van der Waals surface area (Å²) in [6.07, 6.45) is 3.36. The van der Waals surface area contributed by atoms with E-state index in [1.807, 2.05) is 13.8 Å². The molecule has 0 aliphatic heterocycles. The Bertz CT molecular complexity index is 504. The van der Waals surface area contributed by atoms with Gasteiger partial charge in [0.15, 0.2) is 10.3 Å². The van der Waals surface area contributed by atoms with E-state index in [9.17, 15) is 0 Å². The Hall–Kier alpha value is -1.20. The van der Waals surface area contributed by atoms with Gasteiger partial charge in [-0.05, 0) is 31.7 Å². The molecule has 2 heterocycles. The molecule has 2 aromatic rings. The molecular weight excluding hydrogens is 244 g/mol. The fraction of sp³-hybridized carbons (Fsp3) is 0.200. The van der Waals surface area contributed by atoms with E-state index in [0.29, 0.717) is 15.3 Å². The molecule has 0 N–H and O–H groups in total. The average molecular weight is 253 g/mol. The first kappa shape index (κ1) is 11.3. The van der Waals surface area contributed by atoms with Gasteiger partial charge in [-0.1, -0.05) is 11.6 Å².